The van der Waals surface area contributed by atoms with E-state index in [2.05, 4.69) is 5.32 Å². The molecule has 0 radical (unpaired) electrons. The molecular formula is C10H11F4N. The summed E-state index contributed by atoms with van der Waals surface area (Å²) in [6.07, 6.45) is -4.76. The van der Waals surface area contributed by atoms with Crippen molar-refractivity contribution in [1.82, 2.24) is 5.32 Å². The molecule has 0 spiro atoms. The topological polar surface area (TPSA) is 12.0 Å². The van der Waals surface area contributed by atoms with Gasteiger partial charge in [0.1, 0.15) is 11.9 Å². The van der Waals surface area contributed by atoms with Crippen LogP contribution in [0, 0.1) is 5.82 Å². The van der Waals surface area contributed by atoms with E-state index < -0.39 is 24.5 Å². The molecule has 1 rings (SSSR count). The molecule has 0 heterocycles. The van der Waals surface area contributed by atoms with E-state index in [1.165, 1.54) is 25.2 Å². The van der Waals surface area contributed by atoms with E-state index in [0.717, 1.165) is 6.07 Å². The number of likely N-dealkylation sites (N-methyl/N-ethyl adjacent to an activating group) is 1. The fourth-order valence-electron chi connectivity index (χ4n) is 1.27. The lowest BCUT2D eigenvalue weighted by molar-refractivity contribution is -0.154. The minimum atomic E-state index is -4.36. The van der Waals surface area contributed by atoms with Crippen molar-refractivity contribution in [2.45, 2.75) is 18.6 Å². The largest absolute Gasteiger partial charge is 0.404 e. The van der Waals surface area contributed by atoms with Gasteiger partial charge in [-0.1, -0.05) is 18.2 Å². The number of nitrogens with one attached hydrogen (secondary N) is 1. The Morgan fingerprint density at radius 1 is 1.27 bits per heavy atom. The molecule has 1 aromatic rings. The smallest absolute Gasteiger partial charge is 0.309 e. The molecule has 0 aromatic heterocycles. The molecule has 1 N–H and O–H groups in total. The van der Waals surface area contributed by atoms with Gasteiger partial charge in [0.15, 0.2) is 0 Å². The Morgan fingerprint density at radius 3 is 2.33 bits per heavy atom. The van der Waals surface area contributed by atoms with Crippen molar-refractivity contribution in [3.8, 4) is 0 Å². The summed E-state index contributed by atoms with van der Waals surface area (Å²) >= 11 is 0. The van der Waals surface area contributed by atoms with Gasteiger partial charge in [0, 0.05) is 0 Å². The monoisotopic (exact) mass is 221 g/mol. The lowest BCUT2D eigenvalue weighted by Gasteiger charge is -2.19. The second-order valence-corrected chi connectivity index (χ2v) is 3.18. The van der Waals surface area contributed by atoms with Crippen LogP contribution in [0.4, 0.5) is 17.6 Å². The van der Waals surface area contributed by atoms with Crippen molar-refractivity contribution in [3.05, 3.63) is 35.6 Å². The number of hydrogen-bond donors (Lipinski definition) is 1. The van der Waals surface area contributed by atoms with E-state index in [9.17, 15) is 17.6 Å². The molecule has 0 fully saturated rings. The van der Waals surface area contributed by atoms with Crippen LogP contribution in [0.3, 0.4) is 0 Å². The van der Waals surface area contributed by atoms with Crippen molar-refractivity contribution < 1.29 is 17.6 Å². The second kappa shape index (κ2) is 4.61. The van der Waals surface area contributed by atoms with Crippen molar-refractivity contribution >= 4 is 0 Å². The molecule has 0 aliphatic rings. The van der Waals surface area contributed by atoms with Gasteiger partial charge in [0.2, 0.25) is 0 Å². The third-order valence-electron chi connectivity index (χ3n) is 2.13. The average molecular weight is 221 g/mol. The molecule has 0 bridgehead atoms. The van der Waals surface area contributed by atoms with Crippen LogP contribution in [0.25, 0.3) is 0 Å². The van der Waals surface area contributed by atoms with Gasteiger partial charge in [-0.05, 0) is 25.1 Å². The van der Waals surface area contributed by atoms with Crippen LogP contribution in [0.15, 0.2) is 24.3 Å². The molecular weight excluding hydrogens is 210 g/mol. The average Bonchev–Trinajstić information content (AvgIpc) is 2.14. The highest BCUT2D eigenvalue weighted by Gasteiger charge is 2.38. The molecule has 1 atom stereocenters. The van der Waals surface area contributed by atoms with E-state index >= 15 is 0 Å². The molecule has 1 aromatic carbocycles. The molecule has 1 nitrogen and oxygen atoms in total. The molecule has 0 saturated heterocycles. The standard InChI is InChI=1S/C10H11F4N/c1-15-9(10(12,13)14)6-7-4-2-3-5-8(7)11/h2-5,9,15H,6H2,1H3. The summed E-state index contributed by atoms with van der Waals surface area (Å²) in [7, 11) is 1.21. The molecule has 0 amide bonds. The minimum Gasteiger partial charge on any atom is -0.309 e. The molecule has 15 heavy (non-hydrogen) atoms. The third kappa shape index (κ3) is 3.20. The van der Waals surface area contributed by atoms with Gasteiger partial charge in [-0.25, -0.2) is 4.39 Å². The van der Waals surface area contributed by atoms with Gasteiger partial charge in [0.25, 0.3) is 0 Å². The zero-order valence-corrected chi connectivity index (χ0v) is 8.11. The molecule has 5 heteroatoms. The highest BCUT2D eigenvalue weighted by molar-refractivity contribution is 5.18. The van der Waals surface area contributed by atoms with E-state index in [-0.39, 0.29) is 5.56 Å². The third-order valence-corrected chi connectivity index (χ3v) is 2.13. The normalized spacial score (nSPS) is 13.9. The Kier molecular flexibility index (Phi) is 3.68. The lowest BCUT2D eigenvalue weighted by Crippen LogP contribution is -2.41. The van der Waals surface area contributed by atoms with Gasteiger partial charge in [-0.15, -0.1) is 0 Å². The SMILES string of the molecule is CNC(Cc1ccccc1F)C(F)(F)F. The predicted octanol–water partition coefficient (Wildman–Crippen LogP) is 2.52. The first-order valence-electron chi connectivity index (χ1n) is 4.42. The van der Waals surface area contributed by atoms with E-state index in [4.69, 9.17) is 0 Å². The summed E-state index contributed by atoms with van der Waals surface area (Å²) in [6, 6.07) is 3.75. The number of hydrogen-bond acceptors (Lipinski definition) is 1. The van der Waals surface area contributed by atoms with Gasteiger partial charge in [-0.3, -0.25) is 0 Å². The zero-order valence-electron chi connectivity index (χ0n) is 8.11. The highest BCUT2D eigenvalue weighted by Crippen LogP contribution is 2.23. The maximum Gasteiger partial charge on any atom is 0.404 e. The predicted molar refractivity (Wildman–Crippen MR) is 49.0 cm³/mol. The quantitative estimate of drug-likeness (QED) is 0.773. The van der Waals surface area contributed by atoms with Gasteiger partial charge in [0.05, 0.1) is 0 Å². The van der Waals surface area contributed by atoms with Crippen molar-refractivity contribution in [3.63, 3.8) is 0 Å². The molecule has 0 aliphatic carbocycles. The van der Waals surface area contributed by atoms with Crippen LogP contribution in [-0.2, 0) is 6.42 Å². The second-order valence-electron chi connectivity index (χ2n) is 3.18. The highest BCUT2D eigenvalue weighted by atomic mass is 19.4. The fraction of sp³-hybridized carbons (Fsp3) is 0.400. The first-order chi connectivity index (χ1) is 6.95. The Balaban J connectivity index is 2.80. The summed E-state index contributed by atoms with van der Waals surface area (Å²) in [4.78, 5) is 0. The summed E-state index contributed by atoms with van der Waals surface area (Å²) < 4.78 is 50.1. The van der Waals surface area contributed by atoms with Gasteiger partial charge >= 0.3 is 6.18 Å². The number of halogens is 4. The molecule has 0 aliphatic heterocycles. The minimum absolute atomic E-state index is 0.0641. The number of rotatable bonds is 3. The van der Waals surface area contributed by atoms with Crippen LogP contribution in [0.5, 0.6) is 0 Å². The maximum atomic E-state index is 13.1. The maximum absolute atomic E-state index is 13.1. The van der Waals surface area contributed by atoms with E-state index in [0.29, 0.717) is 0 Å². The van der Waals surface area contributed by atoms with Gasteiger partial charge < -0.3 is 5.32 Å². The Bertz CT molecular complexity index is 321. The van der Waals surface area contributed by atoms with Gasteiger partial charge in [-0.2, -0.15) is 13.2 Å². The van der Waals surface area contributed by atoms with E-state index in [1.54, 1.807) is 0 Å². The molecule has 0 saturated carbocycles. The Morgan fingerprint density at radius 2 is 1.87 bits per heavy atom. The summed E-state index contributed by atoms with van der Waals surface area (Å²) in [6.45, 7) is 0. The van der Waals surface area contributed by atoms with E-state index in [1.807, 2.05) is 0 Å². The van der Waals surface area contributed by atoms with Crippen LogP contribution >= 0.6 is 0 Å². The number of benzene rings is 1. The summed E-state index contributed by atoms with van der Waals surface area (Å²) in [5, 5.41) is 2.13. The first-order valence-corrected chi connectivity index (χ1v) is 4.42. The Labute approximate surface area is 85.1 Å². The molecule has 1 unspecified atom stereocenters. The Hall–Kier alpha value is -1.10. The fourth-order valence-corrected chi connectivity index (χ4v) is 1.27. The van der Waals surface area contributed by atoms with Crippen molar-refractivity contribution in [2.75, 3.05) is 7.05 Å². The zero-order chi connectivity index (χ0) is 11.5. The van der Waals surface area contributed by atoms with Crippen LogP contribution < -0.4 is 5.32 Å². The van der Waals surface area contributed by atoms with Crippen molar-refractivity contribution in [2.24, 2.45) is 0 Å². The first kappa shape index (κ1) is 12.0. The van der Waals surface area contributed by atoms with Crippen LogP contribution in [-0.4, -0.2) is 19.3 Å². The summed E-state index contributed by atoms with van der Waals surface area (Å²) in [5.41, 5.74) is 0.0641. The lowest BCUT2D eigenvalue weighted by atomic mass is 10.1. The van der Waals surface area contributed by atoms with Crippen LogP contribution in [0.2, 0.25) is 0 Å². The molecule has 84 valence electrons. The summed E-state index contributed by atoms with van der Waals surface area (Å²) in [5.74, 6) is -0.609. The number of alkyl halides is 3. The van der Waals surface area contributed by atoms with Crippen LogP contribution in [0.1, 0.15) is 5.56 Å². The van der Waals surface area contributed by atoms with Crippen molar-refractivity contribution in [1.29, 1.82) is 0 Å².